The molecule has 2 aromatic rings. The molecule has 0 saturated carbocycles. The van der Waals surface area contributed by atoms with E-state index in [4.69, 9.17) is 0 Å². The van der Waals surface area contributed by atoms with Gasteiger partial charge in [-0.3, -0.25) is 9.59 Å². The average Bonchev–Trinajstić information content (AvgIpc) is 2.45. The van der Waals surface area contributed by atoms with E-state index in [1.54, 1.807) is 18.2 Å². The van der Waals surface area contributed by atoms with Crippen molar-refractivity contribution >= 4 is 11.6 Å². The van der Waals surface area contributed by atoms with Crippen molar-refractivity contribution < 1.29 is 22.8 Å². The van der Waals surface area contributed by atoms with Gasteiger partial charge in [-0.05, 0) is 19.1 Å². The maximum absolute atomic E-state index is 12.8. The molecule has 0 spiro atoms. The first-order valence-corrected chi connectivity index (χ1v) is 6.12. The number of hydrogen-bond donors (Lipinski definition) is 0. The van der Waals surface area contributed by atoms with E-state index in [0.717, 1.165) is 18.2 Å². The van der Waals surface area contributed by atoms with Crippen LogP contribution < -0.4 is 0 Å². The van der Waals surface area contributed by atoms with E-state index in [1.165, 1.54) is 19.1 Å². The summed E-state index contributed by atoms with van der Waals surface area (Å²) in [6.07, 6.45) is -4.57. The van der Waals surface area contributed by atoms with Gasteiger partial charge in [0, 0.05) is 16.7 Å². The Morgan fingerprint density at radius 3 is 2.05 bits per heavy atom. The van der Waals surface area contributed by atoms with E-state index in [9.17, 15) is 22.8 Å². The zero-order valence-electron chi connectivity index (χ0n) is 11.1. The maximum atomic E-state index is 12.8. The second-order valence-corrected chi connectivity index (χ2v) is 4.51. The van der Waals surface area contributed by atoms with Crippen LogP contribution in [-0.4, -0.2) is 11.6 Å². The van der Waals surface area contributed by atoms with Crippen LogP contribution in [0.25, 0.3) is 0 Å². The molecule has 0 radical (unpaired) electrons. The van der Waals surface area contributed by atoms with Gasteiger partial charge in [0.25, 0.3) is 0 Å². The lowest BCUT2D eigenvalue weighted by molar-refractivity contribution is -0.137. The molecule has 2 rings (SSSR count). The topological polar surface area (TPSA) is 34.1 Å². The highest BCUT2D eigenvalue weighted by Crippen LogP contribution is 2.31. The summed E-state index contributed by atoms with van der Waals surface area (Å²) >= 11 is 0. The first-order valence-electron chi connectivity index (χ1n) is 6.12. The van der Waals surface area contributed by atoms with E-state index in [1.807, 2.05) is 0 Å². The lowest BCUT2D eigenvalue weighted by atomic mass is 9.94. The minimum atomic E-state index is -4.57. The normalized spacial score (nSPS) is 11.2. The van der Waals surface area contributed by atoms with Crippen molar-refractivity contribution in [1.29, 1.82) is 0 Å². The van der Waals surface area contributed by atoms with E-state index < -0.39 is 23.3 Å². The third kappa shape index (κ3) is 3.18. The van der Waals surface area contributed by atoms with E-state index in [0.29, 0.717) is 0 Å². The number of alkyl halides is 3. The van der Waals surface area contributed by atoms with Crippen molar-refractivity contribution in [3.05, 3.63) is 70.8 Å². The highest BCUT2D eigenvalue weighted by atomic mass is 19.4. The van der Waals surface area contributed by atoms with E-state index >= 15 is 0 Å². The molecule has 0 aliphatic heterocycles. The Morgan fingerprint density at radius 2 is 1.52 bits per heavy atom. The monoisotopic (exact) mass is 292 g/mol. The Kier molecular flexibility index (Phi) is 3.93. The highest BCUT2D eigenvalue weighted by molar-refractivity contribution is 6.15. The van der Waals surface area contributed by atoms with Gasteiger partial charge >= 0.3 is 6.18 Å². The summed E-state index contributed by atoms with van der Waals surface area (Å²) in [5.74, 6) is -1.06. The van der Waals surface area contributed by atoms with Crippen LogP contribution >= 0.6 is 0 Å². The first-order chi connectivity index (χ1) is 9.80. The van der Waals surface area contributed by atoms with Crippen LogP contribution in [0.4, 0.5) is 13.2 Å². The molecular weight excluding hydrogens is 281 g/mol. The van der Waals surface area contributed by atoms with Crippen LogP contribution in [0.2, 0.25) is 0 Å². The van der Waals surface area contributed by atoms with Crippen molar-refractivity contribution in [3.8, 4) is 0 Å². The first kappa shape index (κ1) is 15.0. The zero-order chi connectivity index (χ0) is 15.6. The van der Waals surface area contributed by atoms with Crippen LogP contribution in [0.1, 0.15) is 38.8 Å². The largest absolute Gasteiger partial charge is 0.416 e. The summed E-state index contributed by atoms with van der Waals surface area (Å²) in [5, 5.41) is 0. The van der Waals surface area contributed by atoms with Crippen LogP contribution in [0.3, 0.4) is 0 Å². The lowest BCUT2D eigenvalue weighted by Crippen LogP contribution is -2.12. The molecule has 2 aromatic carbocycles. The van der Waals surface area contributed by atoms with Gasteiger partial charge in [0.05, 0.1) is 5.56 Å². The molecule has 2 nitrogen and oxygen atoms in total. The van der Waals surface area contributed by atoms with Gasteiger partial charge in [0.2, 0.25) is 0 Å². The second-order valence-electron chi connectivity index (χ2n) is 4.51. The van der Waals surface area contributed by atoms with Crippen molar-refractivity contribution in [3.63, 3.8) is 0 Å². The molecule has 0 fully saturated rings. The predicted molar refractivity (Wildman–Crippen MR) is 71.3 cm³/mol. The molecule has 0 aliphatic carbocycles. The third-order valence-electron chi connectivity index (χ3n) is 3.01. The van der Waals surface area contributed by atoms with Gasteiger partial charge in [0.1, 0.15) is 0 Å². The molecule has 0 aromatic heterocycles. The van der Waals surface area contributed by atoms with Crippen LogP contribution in [0.5, 0.6) is 0 Å². The average molecular weight is 292 g/mol. The highest BCUT2D eigenvalue weighted by Gasteiger charge is 2.32. The minimum Gasteiger partial charge on any atom is -0.294 e. The summed E-state index contributed by atoms with van der Waals surface area (Å²) < 4.78 is 38.3. The van der Waals surface area contributed by atoms with Crippen LogP contribution in [0, 0.1) is 0 Å². The Bertz CT molecular complexity index is 688. The quantitative estimate of drug-likeness (QED) is 0.797. The molecule has 0 atom stereocenters. The fourth-order valence-corrected chi connectivity index (χ4v) is 1.96. The summed E-state index contributed by atoms with van der Waals surface area (Å²) in [6, 6.07) is 10.5. The maximum Gasteiger partial charge on any atom is 0.416 e. The fourth-order valence-electron chi connectivity index (χ4n) is 1.96. The number of rotatable bonds is 3. The lowest BCUT2D eigenvalue weighted by Gasteiger charge is -2.11. The van der Waals surface area contributed by atoms with Crippen molar-refractivity contribution in [2.45, 2.75) is 13.1 Å². The SMILES string of the molecule is CC(=O)c1ccc(C(F)(F)F)cc1C(=O)c1ccccc1. The third-order valence-corrected chi connectivity index (χ3v) is 3.01. The summed E-state index contributed by atoms with van der Waals surface area (Å²) in [5.41, 5.74) is -0.966. The van der Waals surface area contributed by atoms with Crippen LogP contribution in [0.15, 0.2) is 48.5 Å². The Balaban J connectivity index is 2.59. The standard InChI is InChI=1S/C16H11F3O2/c1-10(20)13-8-7-12(16(17,18)19)9-14(13)15(21)11-5-3-2-4-6-11/h2-9H,1H3. The van der Waals surface area contributed by atoms with Gasteiger partial charge in [-0.1, -0.05) is 36.4 Å². The molecule has 0 bridgehead atoms. The number of Topliss-reactive ketones (excluding diaryl/α,β-unsaturated/α-hetero) is 1. The van der Waals surface area contributed by atoms with Crippen molar-refractivity contribution in [2.75, 3.05) is 0 Å². The Labute approximate surface area is 119 Å². The van der Waals surface area contributed by atoms with E-state index in [2.05, 4.69) is 0 Å². The summed E-state index contributed by atoms with van der Waals surface area (Å²) in [7, 11) is 0. The smallest absolute Gasteiger partial charge is 0.294 e. The molecule has 0 heterocycles. The van der Waals surface area contributed by atoms with Crippen molar-refractivity contribution in [1.82, 2.24) is 0 Å². The Morgan fingerprint density at radius 1 is 0.905 bits per heavy atom. The Hall–Kier alpha value is -2.43. The number of carbonyl (C=O) groups excluding carboxylic acids is 2. The molecule has 0 amide bonds. The zero-order valence-corrected chi connectivity index (χ0v) is 11.1. The van der Waals surface area contributed by atoms with Gasteiger partial charge in [-0.15, -0.1) is 0 Å². The molecule has 108 valence electrons. The summed E-state index contributed by atoms with van der Waals surface area (Å²) in [4.78, 5) is 23.9. The van der Waals surface area contributed by atoms with E-state index in [-0.39, 0.29) is 16.7 Å². The van der Waals surface area contributed by atoms with Gasteiger partial charge in [-0.2, -0.15) is 13.2 Å². The van der Waals surface area contributed by atoms with Gasteiger partial charge in [0.15, 0.2) is 11.6 Å². The van der Waals surface area contributed by atoms with Gasteiger partial charge in [-0.25, -0.2) is 0 Å². The number of ketones is 2. The molecule has 0 unspecified atom stereocenters. The molecule has 0 aliphatic rings. The molecule has 0 saturated heterocycles. The number of benzene rings is 2. The molecule has 5 heteroatoms. The van der Waals surface area contributed by atoms with Crippen LogP contribution in [-0.2, 0) is 6.18 Å². The number of carbonyl (C=O) groups is 2. The second kappa shape index (κ2) is 5.52. The number of halogens is 3. The molecule has 0 N–H and O–H groups in total. The minimum absolute atomic E-state index is 0.0168. The van der Waals surface area contributed by atoms with Crippen molar-refractivity contribution in [2.24, 2.45) is 0 Å². The predicted octanol–water partition coefficient (Wildman–Crippen LogP) is 4.14. The summed E-state index contributed by atoms with van der Waals surface area (Å²) in [6.45, 7) is 1.21. The number of hydrogen-bond acceptors (Lipinski definition) is 2. The molecular formula is C16H11F3O2. The molecule has 21 heavy (non-hydrogen) atoms. The van der Waals surface area contributed by atoms with Gasteiger partial charge < -0.3 is 0 Å². The fraction of sp³-hybridized carbons (Fsp3) is 0.125.